The van der Waals surface area contributed by atoms with Crippen molar-refractivity contribution in [2.24, 2.45) is 0 Å². The maximum absolute atomic E-state index is 12.9. The van der Waals surface area contributed by atoms with Crippen LogP contribution in [-0.4, -0.2) is 37.2 Å². The summed E-state index contributed by atoms with van der Waals surface area (Å²) in [5.41, 5.74) is 0. The molecule has 0 heterocycles. The average Bonchev–Trinajstić information content (AvgIpc) is 3.34. The van der Waals surface area contributed by atoms with Gasteiger partial charge in [-0.05, 0) is 103 Å². The van der Waals surface area contributed by atoms with Crippen LogP contribution in [0.1, 0.15) is 258 Å². The van der Waals surface area contributed by atoms with E-state index < -0.39 is 6.10 Å². The van der Waals surface area contributed by atoms with Gasteiger partial charge >= 0.3 is 17.9 Å². The van der Waals surface area contributed by atoms with Crippen LogP contribution in [0, 0.1) is 0 Å². The van der Waals surface area contributed by atoms with Gasteiger partial charge in [-0.1, -0.05) is 234 Å². The fourth-order valence-electron chi connectivity index (χ4n) is 7.66. The molecule has 68 heavy (non-hydrogen) atoms. The number of hydrogen-bond donors (Lipinski definition) is 0. The predicted octanol–water partition coefficient (Wildman–Crippen LogP) is 18.9. The number of hydrogen-bond acceptors (Lipinski definition) is 6. The van der Waals surface area contributed by atoms with E-state index in [0.717, 1.165) is 135 Å². The minimum atomic E-state index is -0.798. The van der Waals surface area contributed by atoms with Crippen LogP contribution in [-0.2, 0) is 28.6 Å². The molecule has 1 atom stereocenters. The van der Waals surface area contributed by atoms with Gasteiger partial charge in [-0.25, -0.2) is 0 Å². The molecule has 0 aromatic heterocycles. The van der Waals surface area contributed by atoms with Gasteiger partial charge in [0.15, 0.2) is 6.10 Å². The number of carbonyl (C=O) groups excluding carboxylic acids is 3. The SMILES string of the molecule is CC\C=C/C=C\C=C/CCCCCCCC(=O)OCC(COC(=O)CCCCCCCC/C=C\C/C=C\C/C=C\C/C=C\CC)OC(=O)CCCCCCC/C=C\CCCCCCCCCCC. The van der Waals surface area contributed by atoms with Gasteiger partial charge in [0.25, 0.3) is 0 Å². The first-order valence-corrected chi connectivity index (χ1v) is 28.3. The molecule has 0 N–H and O–H groups in total. The quantitative estimate of drug-likeness (QED) is 0.0199. The molecule has 1 unspecified atom stereocenters. The Morgan fingerprint density at radius 1 is 0.324 bits per heavy atom. The van der Waals surface area contributed by atoms with Crippen molar-refractivity contribution in [1.82, 2.24) is 0 Å². The van der Waals surface area contributed by atoms with E-state index in [9.17, 15) is 14.4 Å². The van der Waals surface area contributed by atoms with Crippen molar-refractivity contribution < 1.29 is 28.6 Å². The monoisotopic (exact) mass is 945 g/mol. The highest BCUT2D eigenvalue weighted by Crippen LogP contribution is 2.14. The van der Waals surface area contributed by atoms with Gasteiger partial charge in [-0.2, -0.15) is 0 Å². The molecule has 0 amide bonds. The zero-order valence-corrected chi connectivity index (χ0v) is 44.3. The number of esters is 3. The van der Waals surface area contributed by atoms with E-state index in [1.807, 2.05) is 0 Å². The van der Waals surface area contributed by atoms with Gasteiger partial charge in [0, 0.05) is 19.3 Å². The highest BCUT2D eigenvalue weighted by molar-refractivity contribution is 5.71. The van der Waals surface area contributed by atoms with Gasteiger partial charge in [0.05, 0.1) is 0 Å². The lowest BCUT2D eigenvalue weighted by Gasteiger charge is -2.18. The summed E-state index contributed by atoms with van der Waals surface area (Å²) in [6.07, 6.45) is 74.0. The molecule has 0 saturated carbocycles. The van der Waals surface area contributed by atoms with E-state index in [0.29, 0.717) is 19.3 Å². The third kappa shape index (κ3) is 53.3. The fraction of sp³-hybridized carbons (Fsp3) is 0.694. The second-order valence-corrected chi connectivity index (χ2v) is 18.5. The Bertz CT molecular complexity index is 1360. The van der Waals surface area contributed by atoms with Crippen LogP contribution in [0.4, 0.5) is 0 Å². The topological polar surface area (TPSA) is 78.9 Å². The van der Waals surface area contributed by atoms with E-state index in [4.69, 9.17) is 14.2 Å². The largest absolute Gasteiger partial charge is 0.462 e. The van der Waals surface area contributed by atoms with Gasteiger partial charge in [-0.15, -0.1) is 0 Å². The molecule has 0 radical (unpaired) electrons. The normalized spacial score (nSPS) is 12.8. The van der Waals surface area contributed by atoms with Gasteiger partial charge < -0.3 is 14.2 Å². The summed E-state index contributed by atoms with van der Waals surface area (Å²) in [4.78, 5) is 38.1. The van der Waals surface area contributed by atoms with E-state index in [1.54, 1.807) is 0 Å². The minimum absolute atomic E-state index is 0.0958. The van der Waals surface area contributed by atoms with Crippen LogP contribution in [0.5, 0.6) is 0 Å². The molecule has 0 saturated heterocycles. The average molecular weight is 946 g/mol. The molecule has 0 aromatic rings. The maximum atomic E-state index is 12.9. The Hall–Kier alpha value is -3.67. The summed E-state index contributed by atoms with van der Waals surface area (Å²) < 4.78 is 16.8. The zero-order valence-electron chi connectivity index (χ0n) is 44.3. The highest BCUT2D eigenvalue weighted by atomic mass is 16.6. The Kier molecular flexibility index (Phi) is 52.9. The smallest absolute Gasteiger partial charge is 0.306 e. The molecule has 0 aliphatic carbocycles. The van der Waals surface area contributed by atoms with Crippen molar-refractivity contribution in [2.75, 3.05) is 13.2 Å². The second kappa shape index (κ2) is 55.9. The lowest BCUT2D eigenvalue weighted by atomic mass is 10.1. The number of rotatable bonds is 50. The summed E-state index contributed by atoms with van der Waals surface area (Å²) >= 11 is 0. The highest BCUT2D eigenvalue weighted by Gasteiger charge is 2.19. The molecule has 6 heteroatoms. The fourth-order valence-corrected chi connectivity index (χ4v) is 7.66. The molecule has 0 aliphatic rings. The summed E-state index contributed by atoms with van der Waals surface area (Å²) in [6.45, 7) is 6.36. The Balaban J connectivity index is 4.43. The van der Waals surface area contributed by atoms with Crippen LogP contribution >= 0.6 is 0 Å². The molecule has 0 spiro atoms. The first-order chi connectivity index (χ1) is 33.5. The van der Waals surface area contributed by atoms with E-state index in [2.05, 4.69) is 118 Å². The van der Waals surface area contributed by atoms with E-state index in [1.165, 1.54) is 83.5 Å². The van der Waals surface area contributed by atoms with Gasteiger partial charge in [-0.3, -0.25) is 14.4 Å². The third-order valence-corrected chi connectivity index (χ3v) is 11.9. The lowest BCUT2D eigenvalue weighted by molar-refractivity contribution is -0.167. The Morgan fingerprint density at radius 3 is 1.07 bits per heavy atom. The summed E-state index contributed by atoms with van der Waals surface area (Å²) in [5, 5.41) is 0. The van der Waals surface area contributed by atoms with Gasteiger partial charge in [0.1, 0.15) is 13.2 Å². The molecule has 0 aliphatic heterocycles. The number of carbonyl (C=O) groups is 3. The molecular weight excluding hydrogens is 841 g/mol. The molecule has 0 aromatic carbocycles. The summed E-state index contributed by atoms with van der Waals surface area (Å²) in [6, 6.07) is 0. The van der Waals surface area contributed by atoms with E-state index in [-0.39, 0.29) is 31.1 Å². The first-order valence-electron chi connectivity index (χ1n) is 28.3. The second-order valence-electron chi connectivity index (χ2n) is 18.5. The third-order valence-electron chi connectivity index (χ3n) is 11.9. The molecule has 0 bridgehead atoms. The summed E-state index contributed by atoms with van der Waals surface area (Å²) in [5.74, 6) is -0.935. The standard InChI is InChI=1S/C62H104O6/c1-4-7-10-13-16-19-22-25-27-29-31-33-34-37-40-43-46-49-52-55-61(64)67-58-59(57-66-60(63)54-51-48-45-42-39-36-24-21-18-15-12-9-6-3)68-62(65)56-53-50-47-44-41-38-35-32-30-28-26-23-20-17-14-11-8-5-2/h7,9-10,12,15-16,18-19,21,24-25,27,31-33,35,59H,4-6,8,11,13-14,17,20,22-23,26,28-30,34,36-58H2,1-3H3/b10-7-,12-9-,18-15-,19-16-,24-21-,27-25-,33-31-,35-32-. The van der Waals surface area contributed by atoms with Crippen LogP contribution in [0.3, 0.4) is 0 Å². The van der Waals surface area contributed by atoms with Crippen molar-refractivity contribution in [3.63, 3.8) is 0 Å². The van der Waals surface area contributed by atoms with Crippen LogP contribution in [0.2, 0.25) is 0 Å². The Labute approximate surface area is 419 Å². The van der Waals surface area contributed by atoms with Gasteiger partial charge in [0.2, 0.25) is 0 Å². The van der Waals surface area contributed by atoms with Crippen molar-refractivity contribution in [3.8, 4) is 0 Å². The zero-order chi connectivity index (χ0) is 49.3. The van der Waals surface area contributed by atoms with Crippen LogP contribution in [0.15, 0.2) is 97.2 Å². The van der Waals surface area contributed by atoms with Crippen molar-refractivity contribution in [2.45, 2.75) is 264 Å². The lowest BCUT2D eigenvalue weighted by Crippen LogP contribution is -2.30. The number of unbranched alkanes of at least 4 members (excludes halogenated alkanes) is 25. The Morgan fingerprint density at radius 2 is 0.647 bits per heavy atom. The van der Waals surface area contributed by atoms with Crippen molar-refractivity contribution >= 4 is 17.9 Å². The number of allylic oxidation sites excluding steroid dienone is 16. The molecule has 388 valence electrons. The van der Waals surface area contributed by atoms with Crippen molar-refractivity contribution in [3.05, 3.63) is 97.2 Å². The maximum Gasteiger partial charge on any atom is 0.306 e. The predicted molar refractivity (Wildman–Crippen MR) is 293 cm³/mol. The summed E-state index contributed by atoms with van der Waals surface area (Å²) in [7, 11) is 0. The first kappa shape index (κ1) is 64.3. The molecule has 6 nitrogen and oxygen atoms in total. The van der Waals surface area contributed by atoms with Crippen molar-refractivity contribution in [1.29, 1.82) is 0 Å². The molecular formula is C62H104O6. The molecule has 0 fully saturated rings. The van der Waals surface area contributed by atoms with Crippen LogP contribution in [0.25, 0.3) is 0 Å². The van der Waals surface area contributed by atoms with E-state index >= 15 is 0 Å². The minimum Gasteiger partial charge on any atom is -0.462 e. The number of ether oxygens (including phenoxy) is 3. The van der Waals surface area contributed by atoms with Crippen LogP contribution < -0.4 is 0 Å². The molecule has 0 rings (SSSR count).